The molecule has 2 aromatic heterocycles. The smallest absolute Gasteiger partial charge is 0.273 e. The molecule has 0 aliphatic heterocycles. The maximum atomic E-state index is 12.2. The minimum Gasteiger partial charge on any atom is -0.338 e. The molecule has 0 aromatic carbocycles. The molecule has 110 valence electrons. The van der Waals surface area contributed by atoms with E-state index in [9.17, 15) is 8.42 Å². The van der Waals surface area contributed by atoms with Crippen LogP contribution in [0.5, 0.6) is 0 Å². The first kappa shape index (κ1) is 15.8. The van der Waals surface area contributed by atoms with Crippen LogP contribution in [0.3, 0.4) is 0 Å². The third-order valence-corrected chi connectivity index (χ3v) is 6.70. The number of aromatic nitrogens is 1. The third-order valence-electron chi connectivity index (χ3n) is 2.40. The molecule has 0 aliphatic rings. The first-order chi connectivity index (χ1) is 9.09. The van der Waals surface area contributed by atoms with Crippen LogP contribution in [0.4, 0.5) is 5.88 Å². The summed E-state index contributed by atoms with van der Waals surface area (Å²) < 4.78 is 32.3. The molecule has 0 unspecified atom stereocenters. The highest BCUT2D eigenvalue weighted by Crippen LogP contribution is 2.35. The molecule has 2 heterocycles. The SMILES string of the molecule is CC(C)(C)c1cc(NS(=O)(=O)c2cc(Cl)c(Br)s2)on1. The van der Waals surface area contributed by atoms with Gasteiger partial charge in [0, 0.05) is 11.5 Å². The lowest BCUT2D eigenvalue weighted by molar-refractivity contribution is 0.405. The summed E-state index contributed by atoms with van der Waals surface area (Å²) in [6.45, 7) is 5.87. The highest BCUT2D eigenvalue weighted by atomic mass is 79.9. The van der Waals surface area contributed by atoms with Crippen LogP contribution in [0, 0.1) is 0 Å². The third kappa shape index (κ3) is 3.36. The summed E-state index contributed by atoms with van der Waals surface area (Å²) in [7, 11) is -3.73. The number of thiophene rings is 1. The number of halogens is 2. The van der Waals surface area contributed by atoms with Gasteiger partial charge in [-0.15, -0.1) is 11.3 Å². The fourth-order valence-electron chi connectivity index (χ4n) is 1.32. The number of hydrogen-bond donors (Lipinski definition) is 1. The van der Waals surface area contributed by atoms with E-state index in [1.807, 2.05) is 20.8 Å². The van der Waals surface area contributed by atoms with Crippen LogP contribution in [0.15, 0.2) is 24.7 Å². The number of anilines is 1. The first-order valence-electron chi connectivity index (χ1n) is 5.54. The van der Waals surface area contributed by atoms with E-state index in [1.165, 1.54) is 6.07 Å². The van der Waals surface area contributed by atoms with Crippen LogP contribution in [-0.2, 0) is 15.4 Å². The lowest BCUT2D eigenvalue weighted by Gasteiger charge is -2.12. The zero-order valence-electron chi connectivity index (χ0n) is 10.9. The van der Waals surface area contributed by atoms with Gasteiger partial charge in [-0.3, -0.25) is 0 Å². The van der Waals surface area contributed by atoms with Crippen molar-refractivity contribution in [1.29, 1.82) is 0 Å². The van der Waals surface area contributed by atoms with Gasteiger partial charge in [-0.2, -0.15) is 0 Å². The topological polar surface area (TPSA) is 72.2 Å². The Bertz CT molecular complexity index is 712. The molecule has 2 rings (SSSR count). The van der Waals surface area contributed by atoms with E-state index in [0.29, 0.717) is 14.5 Å². The van der Waals surface area contributed by atoms with E-state index in [2.05, 4.69) is 25.8 Å². The van der Waals surface area contributed by atoms with Crippen LogP contribution in [-0.4, -0.2) is 13.6 Å². The summed E-state index contributed by atoms with van der Waals surface area (Å²) in [5, 5.41) is 4.20. The van der Waals surface area contributed by atoms with Crippen molar-refractivity contribution in [3.8, 4) is 0 Å². The van der Waals surface area contributed by atoms with Crippen molar-refractivity contribution in [2.24, 2.45) is 0 Å². The van der Waals surface area contributed by atoms with Crippen molar-refractivity contribution >= 4 is 54.8 Å². The average molecular weight is 400 g/mol. The number of rotatable bonds is 3. The van der Waals surface area contributed by atoms with Crippen molar-refractivity contribution < 1.29 is 12.9 Å². The molecule has 20 heavy (non-hydrogen) atoms. The molecule has 0 saturated heterocycles. The molecular formula is C11H12BrClN2O3S2. The zero-order valence-corrected chi connectivity index (χ0v) is 14.9. The molecule has 2 aromatic rings. The molecule has 0 radical (unpaired) electrons. The van der Waals surface area contributed by atoms with E-state index < -0.39 is 10.0 Å². The van der Waals surface area contributed by atoms with Gasteiger partial charge in [-0.1, -0.05) is 37.5 Å². The highest BCUT2D eigenvalue weighted by molar-refractivity contribution is 9.11. The standard InChI is InChI=1S/C11H12BrClN2O3S2/c1-11(2,3)7-5-8(18-14-7)15-20(16,17)9-4-6(13)10(12)19-9/h4-5,15H,1-3H3. The number of hydrogen-bond acceptors (Lipinski definition) is 5. The summed E-state index contributed by atoms with van der Waals surface area (Å²) in [5.74, 6) is 0.0792. The van der Waals surface area contributed by atoms with Crippen molar-refractivity contribution in [2.45, 2.75) is 30.4 Å². The maximum absolute atomic E-state index is 12.2. The first-order valence-corrected chi connectivity index (χ1v) is 9.01. The molecule has 5 nitrogen and oxygen atoms in total. The molecule has 0 bridgehead atoms. The molecule has 0 spiro atoms. The van der Waals surface area contributed by atoms with Gasteiger partial charge in [0.25, 0.3) is 10.0 Å². The quantitative estimate of drug-likeness (QED) is 0.837. The van der Waals surface area contributed by atoms with E-state index in [-0.39, 0.29) is 15.5 Å². The minimum atomic E-state index is -3.73. The van der Waals surface area contributed by atoms with Gasteiger partial charge in [0.2, 0.25) is 5.88 Å². The predicted molar refractivity (Wildman–Crippen MR) is 83.0 cm³/mol. The molecule has 0 fully saturated rings. The summed E-state index contributed by atoms with van der Waals surface area (Å²) >= 11 is 10.0. The fraction of sp³-hybridized carbons (Fsp3) is 0.364. The average Bonchev–Trinajstić information content (AvgIpc) is 2.86. The van der Waals surface area contributed by atoms with E-state index >= 15 is 0 Å². The van der Waals surface area contributed by atoms with Crippen molar-refractivity contribution in [2.75, 3.05) is 4.72 Å². The molecule has 0 saturated carbocycles. The maximum Gasteiger partial charge on any atom is 0.273 e. The Morgan fingerprint density at radius 3 is 2.50 bits per heavy atom. The Kier molecular flexibility index (Phi) is 4.21. The second-order valence-corrected chi connectivity index (χ2v) is 9.81. The second kappa shape index (κ2) is 5.32. The molecular weight excluding hydrogens is 388 g/mol. The second-order valence-electron chi connectivity index (χ2n) is 5.12. The van der Waals surface area contributed by atoms with Gasteiger partial charge in [0.05, 0.1) is 14.5 Å². The Balaban J connectivity index is 2.27. The zero-order chi connectivity index (χ0) is 15.1. The fourth-order valence-corrected chi connectivity index (χ4v) is 4.69. The van der Waals surface area contributed by atoms with Gasteiger partial charge < -0.3 is 4.52 Å². The molecule has 0 aliphatic carbocycles. The minimum absolute atomic E-state index is 0.0792. The Labute approximate surface area is 134 Å². The number of sulfonamides is 1. The van der Waals surface area contributed by atoms with Crippen molar-refractivity contribution in [3.05, 3.63) is 26.6 Å². The summed E-state index contributed by atoms with van der Waals surface area (Å²) in [5.41, 5.74) is 0.447. The Morgan fingerprint density at radius 2 is 2.05 bits per heavy atom. The van der Waals surface area contributed by atoms with Crippen molar-refractivity contribution in [3.63, 3.8) is 0 Å². The van der Waals surface area contributed by atoms with Gasteiger partial charge in [0.15, 0.2) is 0 Å². The van der Waals surface area contributed by atoms with E-state index in [0.717, 1.165) is 11.3 Å². The number of nitrogens with zero attached hydrogens (tertiary/aromatic N) is 1. The van der Waals surface area contributed by atoms with Crippen LogP contribution in [0.25, 0.3) is 0 Å². The van der Waals surface area contributed by atoms with Crippen LogP contribution in [0.2, 0.25) is 5.02 Å². The predicted octanol–water partition coefficient (Wildman–Crippen LogP) is 4.25. The Hall–Kier alpha value is -0.570. The van der Waals surface area contributed by atoms with E-state index in [1.54, 1.807) is 6.07 Å². The summed E-state index contributed by atoms with van der Waals surface area (Å²) in [6.07, 6.45) is 0. The van der Waals surface area contributed by atoms with Gasteiger partial charge in [-0.25, -0.2) is 13.1 Å². The van der Waals surface area contributed by atoms with Gasteiger partial charge >= 0.3 is 0 Å². The van der Waals surface area contributed by atoms with Crippen LogP contribution < -0.4 is 4.72 Å². The largest absolute Gasteiger partial charge is 0.338 e. The highest BCUT2D eigenvalue weighted by Gasteiger charge is 2.23. The van der Waals surface area contributed by atoms with E-state index in [4.69, 9.17) is 16.1 Å². The van der Waals surface area contributed by atoms with Crippen molar-refractivity contribution in [1.82, 2.24) is 5.16 Å². The molecule has 0 amide bonds. The monoisotopic (exact) mass is 398 g/mol. The van der Waals surface area contributed by atoms with Gasteiger partial charge in [-0.05, 0) is 22.0 Å². The van der Waals surface area contributed by atoms with Gasteiger partial charge in [0.1, 0.15) is 4.21 Å². The molecule has 9 heteroatoms. The molecule has 0 atom stereocenters. The normalized spacial score (nSPS) is 12.7. The summed E-state index contributed by atoms with van der Waals surface area (Å²) in [4.78, 5) is 0. The van der Waals surface area contributed by atoms with Crippen LogP contribution >= 0.6 is 38.9 Å². The van der Waals surface area contributed by atoms with Crippen LogP contribution in [0.1, 0.15) is 26.5 Å². The lowest BCUT2D eigenvalue weighted by Crippen LogP contribution is -2.12. The lowest BCUT2D eigenvalue weighted by atomic mass is 9.92. The Morgan fingerprint density at radius 1 is 1.40 bits per heavy atom. The summed E-state index contributed by atoms with van der Waals surface area (Å²) in [6, 6.07) is 2.95. The number of nitrogens with one attached hydrogen (secondary N) is 1. The molecule has 1 N–H and O–H groups in total.